The second-order valence-electron chi connectivity index (χ2n) is 2.92. The highest BCUT2D eigenvalue weighted by Crippen LogP contribution is 1.86. The van der Waals surface area contributed by atoms with E-state index in [0.717, 1.165) is 0 Å². The Hall–Kier alpha value is -1.52. The van der Waals surface area contributed by atoms with Gasteiger partial charge in [0, 0.05) is 19.0 Å². The number of hydrogen-bond donors (Lipinski definition) is 3. The molecule has 0 aliphatic heterocycles. The monoisotopic (exact) mass is 200 g/mol. The summed E-state index contributed by atoms with van der Waals surface area (Å²) >= 11 is 0. The van der Waals surface area contributed by atoms with Crippen LogP contribution in [0.2, 0.25) is 0 Å². The maximum absolute atomic E-state index is 11.0. The molecule has 0 saturated heterocycles. The number of urea groups is 1. The molecule has 80 valence electrons. The number of carbonyl (C=O) groups excluding carboxylic acids is 1. The summed E-state index contributed by atoms with van der Waals surface area (Å²) in [4.78, 5) is 21.2. The minimum atomic E-state index is -0.855. The smallest absolute Gasteiger partial charge is 0.315 e. The van der Waals surface area contributed by atoms with Crippen molar-refractivity contribution in [2.24, 2.45) is 0 Å². The number of nitrogens with one attached hydrogen (secondary N) is 2. The van der Waals surface area contributed by atoms with Crippen LogP contribution in [0.1, 0.15) is 19.8 Å². The molecule has 0 aliphatic rings. The summed E-state index contributed by atoms with van der Waals surface area (Å²) in [5, 5.41) is 13.5. The number of aliphatic carboxylic acids is 1. The van der Waals surface area contributed by atoms with Crippen LogP contribution in [0.4, 0.5) is 4.79 Å². The van der Waals surface area contributed by atoms with Gasteiger partial charge in [0.25, 0.3) is 0 Å². The molecule has 0 aliphatic carbocycles. The van der Waals surface area contributed by atoms with Crippen LogP contribution < -0.4 is 10.6 Å². The first kappa shape index (κ1) is 12.5. The van der Waals surface area contributed by atoms with E-state index in [0.29, 0.717) is 13.0 Å². The lowest BCUT2D eigenvalue weighted by molar-refractivity contribution is -0.137. The molecule has 0 fully saturated rings. The minimum absolute atomic E-state index is 0.0668. The summed E-state index contributed by atoms with van der Waals surface area (Å²) in [6.07, 6.45) is 2.11. The van der Waals surface area contributed by atoms with E-state index in [-0.39, 0.29) is 18.5 Å². The van der Waals surface area contributed by atoms with Crippen LogP contribution in [0.5, 0.6) is 0 Å². The molecule has 0 bridgehead atoms. The third-order valence-corrected chi connectivity index (χ3v) is 1.57. The topological polar surface area (TPSA) is 78.4 Å². The molecule has 5 nitrogen and oxygen atoms in total. The second-order valence-corrected chi connectivity index (χ2v) is 2.92. The highest BCUT2D eigenvalue weighted by molar-refractivity contribution is 5.74. The summed E-state index contributed by atoms with van der Waals surface area (Å²) in [7, 11) is 0. The van der Waals surface area contributed by atoms with Crippen molar-refractivity contribution >= 4 is 12.0 Å². The van der Waals surface area contributed by atoms with Crippen molar-refractivity contribution in [2.75, 3.05) is 6.54 Å². The normalized spacial score (nSPS) is 11.5. The van der Waals surface area contributed by atoms with E-state index in [4.69, 9.17) is 5.11 Å². The molecule has 1 unspecified atom stereocenters. The lowest BCUT2D eigenvalue weighted by Crippen LogP contribution is -2.40. The third-order valence-electron chi connectivity index (χ3n) is 1.57. The van der Waals surface area contributed by atoms with E-state index >= 15 is 0 Å². The van der Waals surface area contributed by atoms with Crippen LogP contribution in [-0.4, -0.2) is 29.7 Å². The average molecular weight is 200 g/mol. The fourth-order valence-corrected chi connectivity index (χ4v) is 0.758. The molecule has 0 radical (unpaired) electrons. The van der Waals surface area contributed by atoms with Crippen molar-refractivity contribution in [3.63, 3.8) is 0 Å². The zero-order valence-corrected chi connectivity index (χ0v) is 8.25. The summed E-state index contributed by atoms with van der Waals surface area (Å²) < 4.78 is 0. The maximum atomic E-state index is 11.0. The van der Waals surface area contributed by atoms with Crippen LogP contribution in [-0.2, 0) is 4.79 Å². The predicted octanol–water partition coefficient (Wildman–Crippen LogP) is 0.725. The Bertz CT molecular complexity index is 216. The van der Waals surface area contributed by atoms with E-state index in [1.807, 2.05) is 0 Å². The molecule has 3 N–H and O–H groups in total. The van der Waals surface area contributed by atoms with Crippen LogP contribution >= 0.6 is 0 Å². The van der Waals surface area contributed by atoms with E-state index in [9.17, 15) is 9.59 Å². The quantitative estimate of drug-likeness (QED) is 0.437. The van der Waals surface area contributed by atoms with Gasteiger partial charge in [0.1, 0.15) is 0 Å². The van der Waals surface area contributed by atoms with Crippen molar-refractivity contribution in [1.29, 1.82) is 0 Å². The van der Waals surface area contributed by atoms with Gasteiger partial charge in [-0.05, 0) is 13.3 Å². The van der Waals surface area contributed by atoms with Gasteiger partial charge in [0.05, 0.1) is 0 Å². The van der Waals surface area contributed by atoms with Crippen molar-refractivity contribution < 1.29 is 14.7 Å². The van der Waals surface area contributed by atoms with Crippen LogP contribution in [0.3, 0.4) is 0 Å². The predicted molar refractivity (Wildman–Crippen MR) is 53.1 cm³/mol. The molecular formula is C9H16N2O3. The average Bonchev–Trinajstić information content (AvgIpc) is 2.12. The Balaban J connectivity index is 3.44. The van der Waals surface area contributed by atoms with E-state index < -0.39 is 5.97 Å². The van der Waals surface area contributed by atoms with Gasteiger partial charge >= 0.3 is 12.0 Å². The lowest BCUT2D eigenvalue weighted by atomic mass is 10.3. The Morgan fingerprint density at radius 2 is 2.21 bits per heavy atom. The Labute approximate surface area is 83.2 Å². The van der Waals surface area contributed by atoms with Crippen LogP contribution in [0, 0.1) is 0 Å². The number of hydrogen-bond acceptors (Lipinski definition) is 2. The summed E-state index contributed by atoms with van der Waals surface area (Å²) in [5.74, 6) is -0.855. The van der Waals surface area contributed by atoms with Gasteiger partial charge in [-0.25, -0.2) is 4.79 Å². The summed E-state index contributed by atoms with van der Waals surface area (Å²) in [6.45, 7) is 5.67. The Morgan fingerprint density at radius 1 is 1.57 bits per heavy atom. The summed E-state index contributed by atoms with van der Waals surface area (Å²) in [5.41, 5.74) is 0. The number of carboxylic acid groups (broad SMARTS) is 1. The lowest BCUT2D eigenvalue weighted by Gasteiger charge is -2.09. The molecule has 0 heterocycles. The van der Waals surface area contributed by atoms with Gasteiger partial charge in [-0.3, -0.25) is 4.79 Å². The first-order chi connectivity index (χ1) is 6.56. The second kappa shape index (κ2) is 6.94. The molecule has 14 heavy (non-hydrogen) atoms. The highest BCUT2D eigenvalue weighted by atomic mass is 16.4. The fraction of sp³-hybridized carbons (Fsp3) is 0.556. The molecule has 0 aromatic heterocycles. The van der Waals surface area contributed by atoms with E-state index in [1.54, 1.807) is 13.0 Å². The molecule has 2 amide bonds. The zero-order valence-electron chi connectivity index (χ0n) is 8.25. The first-order valence-electron chi connectivity index (χ1n) is 4.45. The van der Waals surface area contributed by atoms with Crippen molar-refractivity contribution in [3.05, 3.63) is 12.7 Å². The zero-order chi connectivity index (χ0) is 11.0. The number of rotatable bonds is 6. The van der Waals surface area contributed by atoms with Gasteiger partial charge in [-0.1, -0.05) is 6.08 Å². The fourth-order valence-electron chi connectivity index (χ4n) is 0.758. The van der Waals surface area contributed by atoms with Crippen molar-refractivity contribution in [2.45, 2.75) is 25.8 Å². The van der Waals surface area contributed by atoms with Gasteiger partial charge in [-0.15, -0.1) is 6.58 Å². The van der Waals surface area contributed by atoms with Crippen molar-refractivity contribution in [1.82, 2.24) is 10.6 Å². The van der Waals surface area contributed by atoms with Crippen molar-refractivity contribution in [3.8, 4) is 0 Å². The Morgan fingerprint density at radius 3 is 2.71 bits per heavy atom. The molecule has 0 rings (SSSR count). The summed E-state index contributed by atoms with van der Waals surface area (Å²) in [6, 6.07) is -0.391. The number of carbonyl (C=O) groups is 2. The van der Waals surface area contributed by atoms with Gasteiger partial charge < -0.3 is 15.7 Å². The molecule has 1 atom stereocenters. The first-order valence-corrected chi connectivity index (χ1v) is 4.45. The SMILES string of the molecule is C=CC(C)NC(=O)NCCCC(=O)O. The maximum Gasteiger partial charge on any atom is 0.315 e. The number of carboxylic acids is 1. The van der Waals surface area contributed by atoms with Crippen LogP contribution in [0.25, 0.3) is 0 Å². The molecule has 0 aromatic rings. The third kappa shape index (κ3) is 7.15. The van der Waals surface area contributed by atoms with E-state index in [1.165, 1.54) is 0 Å². The molecule has 5 heteroatoms. The van der Waals surface area contributed by atoms with E-state index in [2.05, 4.69) is 17.2 Å². The highest BCUT2D eigenvalue weighted by Gasteiger charge is 2.02. The largest absolute Gasteiger partial charge is 0.481 e. The number of amides is 2. The van der Waals surface area contributed by atoms with Gasteiger partial charge in [0.2, 0.25) is 0 Å². The molecule has 0 aromatic carbocycles. The minimum Gasteiger partial charge on any atom is -0.481 e. The molecule has 0 spiro atoms. The molecule has 0 saturated carbocycles. The molecular weight excluding hydrogens is 184 g/mol. The standard InChI is InChI=1S/C9H16N2O3/c1-3-7(2)11-9(14)10-6-4-5-8(12)13/h3,7H,1,4-6H2,2H3,(H,12,13)(H2,10,11,14). The van der Waals surface area contributed by atoms with Gasteiger partial charge in [-0.2, -0.15) is 0 Å². The van der Waals surface area contributed by atoms with Gasteiger partial charge in [0.15, 0.2) is 0 Å². The Kier molecular flexibility index (Phi) is 6.19. The van der Waals surface area contributed by atoms with Crippen LogP contribution in [0.15, 0.2) is 12.7 Å².